The van der Waals surface area contributed by atoms with Crippen LogP contribution < -0.4 is 10.5 Å². The van der Waals surface area contributed by atoms with Gasteiger partial charge in [0.05, 0.1) is 13.2 Å². The van der Waals surface area contributed by atoms with Crippen LogP contribution in [0, 0.1) is 0 Å². The van der Waals surface area contributed by atoms with Gasteiger partial charge in [-0.05, 0) is 37.6 Å². The van der Waals surface area contributed by atoms with Gasteiger partial charge in [-0.15, -0.1) is 0 Å². The van der Waals surface area contributed by atoms with Gasteiger partial charge in [-0.3, -0.25) is 4.90 Å². The number of hydrogen-bond acceptors (Lipinski definition) is 4. The Kier molecular flexibility index (Phi) is 5.96. The summed E-state index contributed by atoms with van der Waals surface area (Å²) in [7, 11) is 1.69. The fourth-order valence-corrected chi connectivity index (χ4v) is 2.81. The Morgan fingerprint density at radius 3 is 2.90 bits per heavy atom. The van der Waals surface area contributed by atoms with E-state index >= 15 is 0 Å². The van der Waals surface area contributed by atoms with E-state index in [1.807, 2.05) is 18.2 Å². The molecule has 2 N–H and O–H groups in total. The molecule has 0 bridgehead atoms. The maximum atomic E-state index is 5.73. The van der Waals surface area contributed by atoms with Crippen molar-refractivity contribution in [2.45, 2.75) is 32.4 Å². The Hall–Kier alpha value is -1.17. The number of nitrogens with two attached hydrogens (primary N) is 1. The van der Waals surface area contributed by atoms with Crippen molar-refractivity contribution in [1.82, 2.24) is 4.90 Å². The van der Waals surface area contributed by atoms with Crippen LogP contribution in [0.15, 0.2) is 18.2 Å². The maximum absolute atomic E-state index is 5.73. The molecular formula is C16H24N2O2S. The summed E-state index contributed by atoms with van der Waals surface area (Å²) in [5.41, 5.74) is 7.72. The lowest BCUT2D eigenvalue weighted by Gasteiger charge is -2.24. The lowest BCUT2D eigenvalue weighted by Crippen LogP contribution is -2.31. The van der Waals surface area contributed by atoms with Crippen LogP contribution >= 0.6 is 12.2 Å². The first-order valence-electron chi connectivity index (χ1n) is 7.44. The van der Waals surface area contributed by atoms with Crippen molar-refractivity contribution in [2.75, 3.05) is 26.8 Å². The van der Waals surface area contributed by atoms with Gasteiger partial charge < -0.3 is 15.2 Å². The molecule has 0 spiro atoms. The van der Waals surface area contributed by atoms with Crippen LogP contribution in [0.5, 0.6) is 5.75 Å². The van der Waals surface area contributed by atoms with Gasteiger partial charge in [0.25, 0.3) is 0 Å². The van der Waals surface area contributed by atoms with E-state index in [4.69, 9.17) is 27.4 Å². The minimum Gasteiger partial charge on any atom is -0.496 e. The molecule has 5 heteroatoms. The van der Waals surface area contributed by atoms with Crippen molar-refractivity contribution in [3.63, 3.8) is 0 Å². The summed E-state index contributed by atoms with van der Waals surface area (Å²) in [6.45, 7) is 5.80. The molecule has 1 unspecified atom stereocenters. The van der Waals surface area contributed by atoms with Crippen LogP contribution in [0.25, 0.3) is 0 Å². The summed E-state index contributed by atoms with van der Waals surface area (Å²) in [6.07, 6.45) is 2.68. The number of thiocarbonyl (C=S) groups is 1. The molecule has 0 aromatic heterocycles. The largest absolute Gasteiger partial charge is 0.496 e. The summed E-state index contributed by atoms with van der Waals surface area (Å²) in [6, 6.07) is 5.87. The highest BCUT2D eigenvalue weighted by molar-refractivity contribution is 7.80. The monoisotopic (exact) mass is 308 g/mol. The molecule has 1 aliphatic rings. The lowest BCUT2D eigenvalue weighted by molar-refractivity contribution is 0.0722. The number of hydrogen-bond donors (Lipinski definition) is 1. The Bertz CT molecular complexity index is 487. The third-order valence-electron chi connectivity index (χ3n) is 3.89. The number of nitrogens with zero attached hydrogens (tertiary/aromatic N) is 1. The molecule has 1 atom stereocenters. The van der Waals surface area contributed by atoms with E-state index in [0.29, 0.717) is 11.1 Å². The molecule has 1 fully saturated rings. The minimum absolute atomic E-state index is 0.356. The van der Waals surface area contributed by atoms with Crippen LogP contribution in [-0.2, 0) is 11.3 Å². The Balaban J connectivity index is 2.10. The molecule has 1 heterocycles. The predicted molar refractivity (Wildman–Crippen MR) is 88.8 cm³/mol. The van der Waals surface area contributed by atoms with Crippen LogP contribution in [0.3, 0.4) is 0 Å². The molecule has 1 aliphatic heterocycles. The predicted octanol–water partition coefficient (Wildman–Crippen LogP) is 2.33. The number of ether oxygens (including phenoxy) is 2. The number of methoxy groups -OCH3 is 1. The van der Waals surface area contributed by atoms with Gasteiger partial charge in [0.1, 0.15) is 10.7 Å². The Labute approximate surface area is 132 Å². The highest BCUT2D eigenvalue weighted by Gasteiger charge is 2.19. The second-order valence-electron chi connectivity index (χ2n) is 5.35. The average molecular weight is 308 g/mol. The topological polar surface area (TPSA) is 47.7 Å². The van der Waals surface area contributed by atoms with Crippen LogP contribution in [0.4, 0.5) is 0 Å². The molecule has 0 saturated carbocycles. The van der Waals surface area contributed by atoms with Crippen LogP contribution in [0.2, 0.25) is 0 Å². The second-order valence-corrected chi connectivity index (χ2v) is 5.79. The maximum Gasteiger partial charge on any atom is 0.123 e. The number of rotatable bonds is 7. The first-order chi connectivity index (χ1) is 10.1. The molecule has 4 nitrogen and oxygen atoms in total. The smallest absolute Gasteiger partial charge is 0.123 e. The van der Waals surface area contributed by atoms with Gasteiger partial charge in [-0.25, -0.2) is 0 Å². The first-order valence-corrected chi connectivity index (χ1v) is 7.85. The first kappa shape index (κ1) is 16.2. The van der Waals surface area contributed by atoms with Crippen molar-refractivity contribution in [2.24, 2.45) is 5.73 Å². The zero-order valence-electron chi connectivity index (χ0n) is 12.8. The highest BCUT2D eigenvalue weighted by Crippen LogP contribution is 2.23. The van der Waals surface area contributed by atoms with Crippen molar-refractivity contribution in [3.05, 3.63) is 29.3 Å². The molecule has 1 aromatic carbocycles. The van der Waals surface area contributed by atoms with Gasteiger partial charge in [-0.1, -0.05) is 19.1 Å². The van der Waals surface area contributed by atoms with E-state index in [2.05, 4.69) is 11.8 Å². The summed E-state index contributed by atoms with van der Waals surface area (Å²) in [5, 5.41) is 0. The van der Waals surface area contributed by atoms with Crippen LogP contribution in [-0.4, -0.2) is 42.8 Å². The lowest BCUT2D eigenvalue weighted by atomic mass is 10.1. The summed E-state index contributed by atoms with van der Waals surface area (Å²) < 4.78 is 11.2. The standard InChI is InChI=1S/C16H24N2O2S/c1-3-18(11-14-5-4-8-20-14)10-13-9-12(16(17)21)6-7-15(13)19-2/h6-7,9,14H,3-5,8,10-11H2,1-2H3,(H2,17,21). The van der Waals surface area contributed by atoms with E-state index in [1.54, 1.807) is 7.11 Å². The molecule has 0 radical (unpaired) electrons. The van der Waals surface area contributed by atoms with E-state index in [-0.39, 0.29) is 0 Å². The van der Waals surface area contributed by atoms with Crippen molar-refractivity contribution < 1.29 is 9.47 Å². The van der Waals surface area contributed by atoms with E-state index in [1.165, 1.54) is 6.42 Å². The van der Waals surface area contributed by atoms with Gasteiger partial charge >= 0.3 is 0 Å². The zero-order valence-corrected chi connectivity index (χ0v) is 13.6. The molecule has 2 rings (SSSR count). The summed E-state index contributed by atoms with van der Waals surface area (Å²) in [5.74, 6) is 0.876. The normalized spacial score (nSPS) is 18.1. The van der Waals surface area contributed by atoms with Gasteiger partial charge in [0.15, 0.2) is 0 Å². The Morgan fingerprint density at radius 2 is 2.33 bits per heavy atom. The molecule has 1 aromatic rings. The quantitative estimate of drug-likeness (QED) is 0.783. The molecule has 116 valence electrons. The van der Waals surface area contributed by atoms with Crippen molar-refractivity contribution in [1.29, 1.82) is 0 Å². The molecule has 0 aliphatic carbocycles. The number of benzene rings is 1. The average Bonchev–Trinajstić information content (AvgIpc) is 2.99. The molecule has 0 amide bonds. The minimum atomic E-state index is 0.356. The summed E-state index contributed by atoms with van der Waals surface area (Å²) >= 11 is 5.06. The van der Waals surface area contributed by atoms with Gasteiger partial charge in [0.2, 0.25) is 0 Å². The van der Waals surface area contributed by atoms with Crippen molar-refractivity contribution >= 4 is 17.2 Å². The zero-order chi connectivity index (χ0) is 15.2. The summed E-state index contributed by atoms with van der Waals surface area (Å²) in [4.78, 5) is 2.79. The highest BCUT2D eigenvalue weighted by atomic mass is 32.1. The Morgan fingerprint density at radius 1 is 1.52 bits per heavy atom. The fraction of sp³-hybridized carbons (Fsp3) is 0.562. The fourth-order valence-electron chi connectivity index (χ4n) is 2.68. The second kappa shape index (κ2) is 7.73. The number of likely N-dealkylation sites (N-methyl/N-ethyl adjacent to an activating group) is 1. The van der Waals surface area contributed by atoms with E-state index < -0.39 is 0 Å². The van der Waals surface area contributed by atoms with Crippen molar-refractivity contribution in [3.8, 4) is 5.75 Å². The van der Waals surface area contributed by atoms with E-state index in [9.17, 15) is 0 Å². The van der Waals surface area contributed by atoms with E-state index in [0.717, 1.165) is 49.5 Å². The molecule has 21 heavy (non-hydrogen) atoms. The van der Waals surface area contributed by atoms with Gasteiger partial charge in [0, 0.05) is 30.8 Å². The van der Waals surface area contributed by atoms with Gasteiger partial charge in [-0.2, -0.15) is 0 Å². The molecular weight excluding hydrogens is 284 g/mol. The third-order valence-corrected chi connectivity index (χ3v) is 4.13. The SMILES string of the molecule is CCN(Cc1cc(C(N)=S)ccc1OC)CC1CCCO1. The van der Waals surface area contributed by atoms with Crippen LogP contribution in [0.1, 0.15) is 30.9 Å². The molecule has 1 saturated heterocycles. The third kappa shape index (κ3) is 4.40.